The van der Waals surface area contributed by atoms with Crippen molar-refractivity contribution in [1.82, 2.24) is 10.2 Å². The summed E-state index contributed by atoms with van der Waals surface area (Å²) in [5, 5.41) is 2.91. The zero-order valence-corrected chi connectivity index (χ0v) is 17.0. The van der Waals surface area contributed by atoms with Gasteiger partial charge in [-0.2, -0.15) is 0 Å². The van der Waals surface area contributed by atoms with E-state index in [9.17, 15) is 13.2 Å². The summed E-state index contributed by atoms with van der Waals surface area (Å²) in [7, 11) is 0.272. The predicted octanol–water partition coefficient (Wildman–Crippen LogP) is 2.80. The largest absolute Gasteiger partial charge is 0.350 e. The second-order valence-corrected chi connectivity index (χ2v) is 8.66. The lowest BCUT2D eigenvalue weighted by molar-refractivity contribution is 0.0934. The highest BCUT2D eigenvalue weighted by Gasteiger charge is 2.18. The SMILES string of the molecule is CC(C)C(CNC(=O)c1ccc(S(=O)(=O)Nc2ccccc2)cc1)N(C)C. The molecule has 146 valence electrons. The maximum atomic E-state index is 12.4. The van der Waals surface area contributed by atoms with Crippen LogP contribution in [0.1, 0.15) is 24.2 Å². The van der Waals surface area contributed by atoms with Crippen molar-refractivity contribution in [3.8, 4) is 0 Å². The fraction of sp³-hybridized carbons (Fsp3) is 0.350. The van der Waals surface area contributed by atoms with Crippen molar-refractivity contribution in [2.24, 2.45) is 5.92 Å². The Hall–Kier alpha value is -2.38. The Morgan fingerprint density at radius 2 is 1.59 bits per heavy atom. The summed E-state index contributed by atoms with van der Waals surface area (Å²) in [6, 6.07) is 14.8. The van der Waals surface area contributed by atoms with Crippen LogP contribution in [0.5, 0.6) is 0 Å². The quantitative estimate of drug-likeness (QED) is 0.728. The second-order valence-electron chi connectivity index (χ2n) is 6.98. The molecule has 6 nitrogen and oxygen atoms in total. The normalized spacial score (nSPS) is 12.8. The number of carbonyl (C=O) groups excluding carboxylic acids is 1. The van der Waals surface area contributed by atoms with Crippen molar-refractivity contribution in [1.29, 1.82) is 0 Å². The Morgan fingerprint density at radius 1 is 1.00 bits per heavy atom. The lowest BCUT2D eigenvalue weighted by Gasteiger charge is -2.28. The molecule has 0 saturated heterocycles. The number of para-hydroxylation sites is 1. The van der Waals surface area contributed by atoms with Gasteiger partial charge in [-0.15, -0.1) is 0 Å². The first-order chi connectivity index (χ1) is 12.7. The Balaban J connectivity index is 2.04. The van der Waals surface area contributed by atoms with Crippen molar-refractivity contribution in [3.63, 3.8) is 0 Å². The standard InChI is InChI=1S/C20H27N3O3S/c1-15(2)19(23(3)4)14-21-20(24)16-10-12-18(13-11-16)27(25,26)22-17-8-6-5-7-9-17/h5-13,15,19,22H,14H2,1-4H3,(H,21,24). The van der Waals surface area contributed by atoms with E-state index in [0.29, 0.717) is 23.7 Å². The number of hydrogen-bond acceptors (Lipinski definition) is 4. The molecule has 0 aromatic heterocycles. The van der Waals surface area contributed by atoms with Crippen LogP contribution in [0, 0.1) is 5.92 Å². The van der Waals surface area contributed by atoms with Gasteiger partial charge in [0.15, 0.2) is 0 Å². The molecule has 27 heavy (non-hydrogen) atoms. The Labute approximate surface area is 161 Å². The number of sulfonamides is 1. The molecule has 2 N–H and O–H groups in total. The number of nitrogens with zero attached hydrogens (tertiary/aromatic N) is 1. The molecule has 0 aliphatic carbocycles. The average Bonchev–Trinajstić information content (AvgIpc) is 2.61. The summed E-state index contributed by atoms with van der Waals surface area (Å²) < 4.78 is 27.4. The monoisotopic (exact) mass is 389 g/mol. The molecule has 7 heteroatoms. The third-order valence-corrected chi connectivity index (χ3v) is 5.75. The smallest absolute Gasteiger partial charge is 0.261 e. The van der Waals surface area contributed by atoms with Crippen LogP contribution in [0.4, 0.5) is 5.69 Å². The van der Waals surface area contributed by atoms with Gasteiger partial charge in [0.2, 0.25) is 0 Å². The first-order valence-electron chi connectivity index (χ1n) is 8.83. The minimum Gasteiger partial charge on any atom is -0.350 e. The van der Waals surface area contributed by atoms with Gasteiger partial charge >= 0.3 is 0 Å². The highest BCUT2D eigenvalue weighted by Crippen LogP contribution is 2.16. The molecule has 1 unspecified atom stereocenters. The van der Waals surface area contributed by atoms with Crippen molar-refractivity contribution in [2.45, 2.75) is 24.8 Å². The first kappa shape index (κ1) is 20.9. The fourth-order valence-electron chi connectivity index (χ4n) is 2.82. The van der Waals surface area contributed by atoms with Crippen LogP contribution < -0.4 is 10.0 Å². The van der Waals surface area contributed by atoms with Gasteiger partial charge in [-0.25, -0.2) is 8.42 Å². The molecule has 0 spiro atoms. The molecule has 0 saturated carbocycles. The van der Waals surface area contributed by atoms with Crippen molar-refractivity contribution in [2.75, 3.05) is 25.4 Å². The lowest BCUT2D eigenvalue weighted by atomic mass is 10.0. The first-order valence-corrected chi connectivity index (χ1v) is 10.3. The molecule has 2 aromatic rings. The number of benzene rings is 2. The summed E-state index contributed by atoms with van der Waals surface area (Å²) in [6.07, 6.45) is 0. The van der Waals surface area contributed by atoms with Gasteiger partial charge in [-0.3, -0.25) is 9.52 Å². The number of likely N-dealkylation sites (N-methyl/N-ethyl adjacent to an activating group) is 1. The Kier molecular flexibility index (Phi) is 6.98. The van der Waals surface area contributed by atoms with E-state index >= 15 is 0 Å². The summed E-state index contributed by atoms with van der Waals surface area (Å²) in [4.78, 5) is 14.5. The van der Waals surface area contributed by atoms with E-state index in [1.54, 1.807) is 24.3 Å². The van der Waals surface area contributed by atoms with E-state index in [2.05, 4.69) is 28.8 Å². The van der Waals surface area contributed by atoms with Crippen molar-refractivity contribution < 1.29 is 13.2 Å². The zero-order chi connectivity index (χ0) is 20.0. The molecule has 2 rings (SSSR count). The Morgan fingerprint density at radius 3 is 2.11 bits per heavy atom. The van der Waals surface area contributed by atoms with Crippen molar-refractivity contribution >= 4 is 21.6 Å². The van der Waals surface area contributed by atoms with Gasteiger partial charge in [0.05, 0.1) is 4.90 Å². The zero-order valence-electron chi connectivity index (χ0n) is 16.1. The molecule has 0 aliphatic heterocycles. The fourth-order valence-corrected chi connectivity index (χ4v) is 3.88. The van der Waals surface area contributed by atoms with Crippen LogP contribution in [0.3, 0.4) is 0 Å². The van der Waals surface area contributed by atoms with E-state index in [0.717, 1.165) is 0 Å². The molecular formula is C20H27N3O3S. The maximum absolute atomic E-state index is 12.4. The van der Waals surface area contributed by atoms with Gasteiger partial charge in [0, 0.05) is 23.8 Å². The van der Waals surface area contributed by atoms with E-state index in [1.165, 1.54) is 24.3 Å². The van der Waals surface area contributed by atoms with Gasteiger partial charge in [0.25, 0.3) is 15.9 Å². The van der Waals surface area contributed by atoms with E-state index in [1.807, 2.05) is 20.2 Å². The van der Waals surface area contributed by atoms with Gasteiger partial charge in [-0.05, 0) is 56.4 Å². The molecule has 0 aliphatic rings. The molecule has 0 radical (unpaired) electrons. The molecule has 0 bridgehead atoms. The minimum absolute atomic E-state index is 0.108. The van der Waals surface area contributed by atoms with Crippen LogP contribution in [-0.4, -0.2) is 45.9 Å². The van der Waals surface area contributed by atoms with Crippen LogP contribution in [-0.2, 0) is 10.0 Å². The topological polar surface area (TPSA) is 78.5 Å². The minimum atomic E-state index is -3.69. The number of rotatable bonds is 8. The second kappa shape index (κ2) is 9.01. The Bertz CT molecular complexity index is 840. The third kappa shape index (κ3) is 5.80. The maximum Gasteiger partial charge on any atom is 0.261 e. The number of anilines is 1. The summed E-state index contributed by atoms with van der Waals surface area (Å²) in [5.41, 5.74) is 0.914. The third-order valence-electron chi connectivity index (χ3n) is 4.36. The molecule has 0 heterocycles. The highest BCUT2D eigenvalue weighted by molar-refractivity contribution is 7.92. The van der Waals surface area contributed by atoms with Crippen molar-refractivity contribution in [3.05, 3.63) is 60.2 Å². The molecule has 2 aromatic carbocycles. The van der Waals surface area contributed by atoms with Gasteiger partial charge in [-0.1, -0.05) is 32.0 Å². The van der Waals surface area contributed by atoms with E-state index in [-0.39, 0.29) is 16.8 Å². The number of amides is 1. The molecule has 1 atom stereocenters. The van der Waals surface area contributed by atoms with E-state index < -0.39 is 10.0 Å². The average molecular weight is 390 g/mol. The van der Waals surface area contributed by atoms with Gasteiger partial charge in [0.1, 0.15) is 0 Å². The van der Waals surface area contributed by atoms with Crippen LogP contribution in [0.25, 0.3) is 0 Å². The number of nitrogens with one attached hydrogen (secondary N) is 2. The summed E-state index contributed by atoms with van der Waals surface area (Å²) in [5.74, 6) is 0.180. The summed E-state index contributed by atoms with van der Waals surface area (Å²) in [6.45, 7) is 4.74. The number of carbonyl (C=O) groups is 1. The van der Waals surface area contributed by atoms with Crippen LogP contribution in [0.2, 0.25) is 0 Å². The number of hydrogen-bond donors (Lipinski definition) is 2. The van der Waals surface area contributed by atoms with Crippen LogP contribution >= 0.6 is 0 Å². The van der Waals surface area contributed by atoms with Gasteiger partial charge < -0.3 is 10.2 Å². The van der Waals surface area contributed by atoms with Crippen LogP contribution in [0.15, 0.2) is 59.5 Å². The highest BCUT2D eigenvalue weighted by atomic mass is 32.2. The molecule has 1 amide bonds. The summed E-state index contributed by atoms with van der Waals surface area (Å²) >= 11 is 0. The predicted molar refractivity (Wildman–Crippen MR) is 108 cm³/mol. The van der Waals surface area contributed by atoms with E-state index in [4.69, 9.17) is 0 Å². The molecular weight excluding hydrogens is 362 g/mol. The lowest BCUT2D eigenvalue weighted by Crippen LogP contribution is -2.43. The molecule has 0 fully saturated rings.